The van der Waals surface area contributed by atoms with E-state index in [1.165, 1.54) is 18.3 Å². The summed E-state index contributed by atoms with van der Waals surface area (Å²) in [6.07, 6.45) is 1.22. The summed E-state index contributed by atoms with van der Waals surface area (Å²) in [6.45, 7) is 3.78. The van der Waals surface area contributed by atoms with Crippen LogP contribution in [0.3, 0.4) is 0 Å². The summed E-state index contributed by atoms with van der Waals surface area (Å²) in [5, 5.41) is 13.0. The molecule has 0 aliphatic rings. The second kappa shape index (κ2) is 6.37. The number of oxazole rings is 1. The van der Waals surface area contributed by atoms with Crippen molar-refractivity contribution < 1.29 is 8.81 Å². The smallest absolute Gasteiger partial charge is 0.252 e. The number of hydrazone groups is 1. The minimum atomic E-state index is -0.492. The molecule has 0 fully saturated rings. The Balaban J connectivity index is 2.20. The van der Waals surface area contributed by atoms with Crippen LogP contribution in [-0.2, 0) is 0 Å². The van der Waals surface area contributed by atoms with Gasteiger partial charge in [0.2, 0.25) is 11.6 Å². The summed E-state index contributed by atoms with van der Waals surface area (Å²) >= 11 is 5.87. The van der Waals surface area contributed by atoms with Crippen molar-refractivity contribution in [1.82, 2.24) is 4.98 Å². The van der Waals surface area contributed by atoms with Gasteiger partial charge in [0.25, 0.3) is 5.88 Å². The quantitative estimate of drug-likeness (QED) is 0.686. The molecule has 0 amide bonds. The van der Waals surface area contributed by atoms with Crippen LogP contribution in [0.2, 0.25) is 5.02 Å². The standard InChI is InChI=1S/C14H12ClFN4O/c1-8(2)13-19-12(6-17)14(21-13)20-18-7-9-10(15)4-3-5-11(9)16/h3-5,7-8,20H,1-2H3/b18-7+. The number of halogens is 2. The maximum Gasteiger partial charge on any atom is 0.252 e. The van der Waals surface area contributed by atoms with Gasteiger partial charge in [-0.1, -0.05) is 31.5 Å². The number of nitriles is 1. The molecule has 0 aliphatic heterocycles. The van der Waals surface area contributed by atoms with Crippen molar-refractivity contribution in [3.05, 3.63) is 46.2 Å². The zero-order valence-corrected chi connectivity index (χ0v) is 12.1. The highest BCUT2D eigenvalue weighted by Crippen LogP contribution is 2.22. The average Bonchev–Trinajstić information content (AvgIpc) is 2.85. The monoisotopic (exact) mass is 306 g/mol. The number of hydrogen-bond acceptors (Lipinski definition) is 5. The average molecular weight is 307 g/mol. The van der Waals surface area contributed by atoms with Crippen LogP contribution in [-0.4, -0.2) is 11.2 Å². The molecule has 0 saturated carbocycles. The second-order valence-corrected chi connectivity index (χ2v) is 4.91. The molecular formula is C14H12ClFN4O. The molecule has 2 rings (SSSR count). The highest BCUT2D eigenvalue weighted by Gasteiger charge is 2.14. The number of nitrogens with one attached hydrogen (secondary N) is 1. The lowest BCUT2D eigenvalue weighted by Gasteiger charge is -1.99. The second-order valence-electron chi connectivity index (χ2n) is 4.50. The minimum Gasteiger partial charge on any atom is -0.422 e. The molecule has 0 spiro atoms. The summed E-state index contributed by atoms with van der Waals surface area (Å²) in [6, 6.07) is 6.23. The van der Waals surface area contributed by atoms with Crippen LogP contribution >= 0.6 is 11.6 Å². The first-order chi connectivity index (χ1) is 10.0. The number of aromatic nitrogens is 1. The molecule has 0 saturated heterocycles. The third kappa shape index (κ3) is 3.38. The largest absolute Gasteiger partial charge is 0.422 e. The Bertz CT molecular complexity index is 698. The van der Waals surface area contributed by atoms with Gasteiger partial charge in [0.05, 0.1) is 11.2 Å². The van der Waals surface area contributed by atoms with Gasteiger partial charge in [-0.15, -0.1) is 0 Å². The molecule has 5 nitrogen and oxygen atoms in total. The van der Waals surface area contributed by atoms with Gasteiger partial charge in [-0.05, 0) is 12.1 Å². The van der Waals surface area contributed by atoms with Crippen LogP contribution in [0.25, 0.3) is 0 Å². The molecule has 2 aromatic rings. The molecule has 0 bridgehead atoms. The Morgan fingerprint density at radius 3 is 2.90 bits per heavy atom. The predicted molar refractivity (Wildman–Crippen MR) is 77.9 cm³/mol. The van der Waals surface area contributed by atoms with Crippen LogP contribution in [0.5, 0.6) is 0 Å². The fourth-order valence-electron chi connectivity index (χ4n) is 1.52. The van der Waals surface area contributed by atoms with Crippen molar-refractivity contribution in [1.29, 1.82) is 5.26 Å². The SMILES string of the molecule is CC(C)c1nc(C#N)c(N/N=C/c2c(F)cccc2Cl)o1. The first-order valence-electron chi connectivity index (χ1n) is 6.16. The lowest BCUT2D eigenvalue weighted by atomic mass is 10.2. The van der Waals surface area contributed by atoms with Crippen molar-refractivity contribution >= 4 is 23.7 Å². The van der Waals surface area contributed by atoms with E-state index >= 15 is 0 Å². The zero-order valence-electron chi connectivity index (χ0n) is 11.4. The van der Waals surface area contributed by atoms with Crippen molar-refractivity contribution in [2.45, 2.75) is 19.8 Å². The number of anilines is 1. The first kappa shape index (κ1) is 15.0. The van der Waals surface area contributed by atoms with E-state index < -0.39 is 5.82 Å². The fourth-order valence-corrected chi connectivity index (χ4v) is 1.74. The molecule has 1 aromatic carbocycles. The van der Waals surface area contributed by atoms with E-state index in [0.29, 0.717) is 5.89 Å². The lowest BCUT2D eigenvalue weighted by molar-refractivity contribution is 0.481. The summed E-state index contributed by atoms with van der Waals surface area (Å²) in [4.78, 5) is 4.02. The van der Waals surface area contributed by atoms with Crippen LogP contribution in [0.15, 0.2) is 27.7 Å². The van der Waals surface area contributed by atoms with Gasteiger partial charge in [-0.25, -0.2) is 14.8 Å². The van der Waals surface area contributed by atoms with Crippen LogP contribution in [0.1, 0.15) is 36.9 Å². The van der Waals surface area contributed by atoms with Crippen molar-refractivity contribution in [3.8, 4) is 6.07 Å². The molecular weight excluding hydrogens is 295 g/mol. The summed E-state index contributed by atoms with van der Waals surface area (Å²) in [7, 11) is 0. The molecule has 108 valence electrons. The van der Waals surface area contributed by atoms with E-state index in [4.69, 9.17) is 21.3 Å². The van der Waals surface area contributed by atoms with E-state index in [2.05, 4.69) is 15.5 Å². The van der Waals surface area contributed by atoms with Gasteiger partial charge in [-0.3, -0.25) is 0 Å². The van der Waals surface area contributed by atoms with Gasteiger partial charge in [0, 0.05) is 11.5 Å². The Morgan fingerprint density at radius 2 is 2.29 bits per heavy atom. The third-order valence-electron chi connectivity index (χ3n) is 2.60. The van der Waals surface area contributed by atoms with Gasteiger partial charge in [-0.2, -0.15) is 10.4 Å². The Labute approximate surface area is 126 Å². The van der Waals surface area contributed by atoms with Crippen LogP contribution < -0.4 is 5.43 Å². The van der Waals surface area contributed by atoms with E-state index in [1.807, 2.05) is 19.9 Å². The molecule has 1 aromatic heterocycles. The Morgan fingerprint density at radius 1 is 1.52 bits per heavy atom. The zero-order chi connectivity index (χ0) is 15.4. The van der Waals surface area contributed by atoms with Crippen molar-refractivity contribution in [3.63, 3.8) is 0 Å². The summed E-state index contributed by atoms with van der Waals surface area (Å²) in [5.41, 5.74) is 2.77. The number of benzene rings is 1. The molecule has 1 heterocycles. The molecule has 0 atom stereocenters. The number of hydrogen-bond donors (Lipinski definition) is 1. The third-order valence-corrected chi connectivity index (χ3v) is 2.93. The summed E-state index contributed by atoms with van der Waals surface area (Å²) in [5.74, 6) is 0.0877. The van der Waals surface area contributed by atoms with Crippen molar-refractivity contribution in [2.24, 2.45) is 5.10 Å². The Kier molecular flexibility index (Phi) is 4.55. The molecule has 0 aliphatic carbocycles. The molecule has 0 unspecified atom stereocenters. The fraction of sp³-hybridized carbons (Fsp3) is 0.214. The lowest BCUT2D eigenvalue weighted by Crippen LogP contribution is -1.94. The van der Waals surface area contributed by atoms with E-state index in [-0.39, 0.29) is 28.1 Å². The molecule has 1 N–H and O–H groups in total. The van der Waals surface area contributed by atoms with Crippen molar-refractivity contribution in [2.75, 3.05) is 5.43 Å². The molecule has 21 heavy (non-hydrogen) atoms. The first-order valence-corrected chi connectivity index (χ1v) is 6.54. The van der Waals surface area contributed by atoms with Gasteiger partial charge < -0.3 is 4.42 Å². The minimum absolute atomic E-state index is 0.0395. The number of nitrogens with zero attached hydrogens (tertiary/aromatic N) is 3. The highest BCUT2D eigenvalue weighted by atomic mass is 35.5. The van der Waals surface area contributed by atoms with E-state index in [9.17, 15) is 4.39 Å². The van der Waals surface area contributed by atoms with Crippen LogP contribution in [0.4, 0.5) is 10.3 Å². The van der Waals surface area contributed by atoms with E-state index in [0.717, 1.165) is 0 Å². The van der Waals surface area contributed by atoms with E-state index in [1.54, 1.807) is 6.07 Å². The topological polar surface area (TPSA) is 74.2 Å². The predicted octanol–water partition coefficient (Wildman–Crippen LogP) is 3.91. The molecule has 0 radical (unpaired) electrons. The maximum atomic E-state index is 13.5. The van der Waals surface area contributed by atoms with Crippen LogP contribution in [0, 0.1) is 17.1 Å². The Hall–Kier alpha value is -2.39. The van der Waals surface area contributed by atoms with Gasteiger partial charge in [0.1, 0.15) is 11.9 Å². The number of rotatable bonds is 4. The summed E-state index contributed by atoms with van der Waals surface area (Å²) < 4.78 is 18.9. The van der Waals surface area contributed by atoms with Gasteiger partial charge in [0.15, 0.2) is 0 Å². The molecule has 7 heteroatoms. The highest BCUT2D eigenvalue weighted by molar-refractivity contribution is 6.33. The maximum absolute atomic E-state index is 13.5. The van der Waals surface area contributed by atoms with Gasteiger partial charge >= 0.3 is 0 Å². The normalized spacial score (nSPS) is 11.0.